The largest absolute Gasteiger partial charge is 0.489 e. The smallest absolute Gasteiger partial charge is 0.165 e. The third kappa shape index (κ3) is 2.27. The fourth-order valence-electron chi connectivity index (χ4n) is 2.17. The molecule has 3 nitrogen and oxygen atoms in total. The van der Waals surface area contributed by atoms with Gasteiger partial charge in [0.1, 0.15) is 12.4 Å². The zero-order chi connectivity index (χ0) is 13.2. The van der Waals surface area contributed by atoms with E-state index < -0.39 is 11.9 Å². The summed E-state index contributed by atoms with van der Waals surface area (Å²) in [7, 11) is 0. The molecular formula is C15H14FNO2. The molecule has 2 atom stereocenters. The predicted octanol–water partition coefficient (Wildman–Crippen LogP) is 2.67. The summed E-state index contributed by atoms with van der Waals surface area (Å²) in [6, 6.07) is 13.5. The van der Waals surface area contributed by atoms with E-state index >= 15 is 0 Å². The monoisotopic (exact) mass is 259 g/mol. The first-order valence-electron chi connectivity index (χ1n) is 6.14. The second-order valence-corrected chi connectivity index (χ2v) is 4.46. The fraction of sp³-hybridized carbons (Fsp3) is 0.200. The normalized spacial score (nSPS) is 21.4. The Balaban J connectivity index is 1.83. The molecule has 1 aliphatic heterocycles. The van der Waals surface area contributed by atoms with Crippen LogP contribution in [0, 0.1) is 5.82 Å². The molecule has 0 saturated carbocycles. The highest BCUT2D eigenvalue weighted by molar-refractivity contribution is 5.38. The molecule has 0 amide bonds. The van der Waals surface area contributed by atoms with Crippen LogP contribution < -0.4 is 15.2 Å². The minimum atomic E-state index is -0.396. The van der Waals surface area contributed by atoms with Gasteiger partial charge in [0.05, 0.1) is 6.04 Å². The maximum atomic E-state index is 13.6. The van der Waals surface area contributed by atoms with Gasteiger partial charge in [-0.15, -0.1) is 0 Å². The lowest BCUT2D eigenvalue weighted by Crippen LogP contribution is -2.40. The molecule has 1 heterocycles. The van der Waals surface area contributed by atoms with Gasteiger partial charge < -0.3 is 15.2 Å². The van der Waals surface area contributed by atoms with Crippen LogP contribution >= 0.6 is 0 Å². The van der Waals surface area contributed by atoms with Gasteiger partial charge in [0.2, 0.25) is 0 Å². The Morgan fingerprint density at radius 1 is 1.11 bits per heavy atom. The van der Waals surface area contributed by atoms with Crippen molar-refractivity contribution < 1.29 is 13.9 Å². The summed E-state index contributed by atoms with van der Waals surface area (Å²) in [5, 5.41) is 0. The fourth-order valence-corrected chi connectivity index (χ4v) is 2.17. The van der Waals surface area contributed by atoms with Gasteiger partial charge in [0, 0.05) is 5.56 Å². The Kier molecular flexibility index (Phi) is 3.09. The third-order valence-electron chi connectivity index (χ3n) is 3.20. The third-order valence-corrected chi connectivity index (χ3v) is 3.20. The maximum absolute atomic E-state index is 13.6. The van der Waals surface area contributed by atoms with E-state index in [1.165, 1.54) is 6.07 Å². The molecule has 0 aliphatic carbocycles. The first-order chi connectivity index (χ1) is 9.25. The number of halogens is 1. The van der Waals surface area contributed by atoms with E-state index in [1.807, 2.05) is 24.3 Å². The number of para-hydroxylation sites is 2. The maximum Gasteiger partial charge on any atom is 0.165 e. The summed E-state index contributed by atoms with van der Waals surface area (Å²) >= 11 is 0. The number of rotatable bonds is 2. The van der Waals surface area contributed by atoms with Crippen molar-refractivity contribution in [2.45, 2.75) is 12.1 Å². The summed E-state index contributed by atoms with van der Waals surface area (Å²) < 4.78 is 24.8. The van der Waals surface area contributed by atoms with Crippen LogP contribution in [0.1, 0.15) is 11.6 Å². The van der Waals surface area contributed by atoms with Crippen LogP contribution in [0.25, 0.3) is 0 Å². The molecule has 3 rings (SSSR count). The van der Waals surface area contributed by atoms with E-state index in [-0.39, 0.29) is 11.8 Å². The summed E-state index contributed by atoms with van der Waals surface area (Å²) in [6.07, 6.45) is -0.396. The molecule has 0 spiro atoms. The lowest BCUT2D eigenvalue weighted by atomic mass is 9.99. The Bertz CT molecular complexity index is 588. The highest BCUT2D eigenvalue weighted by Crippen LogP contribution is 2.32. The summed E-state index contributed by atoms with van der Waals surface area (Å²) in [5.41, 5.74) is 7.05. The summed E-state index contributed by atoms with van der Waals surface area (Å²) in [5.74, 6) is 0.572. The molecule has 0 aromatic heterocycles. The van der Waals surface area contributed by atoms with Gasteiger partial charge in [0.15, 0.2) is 17.7 Å². The Morgan fingerprint density at radius 2 is 1.84 bits per heavy atom. The highest BCUT2D eigenvalue weighted by atomic mass is 19.1. The molecule has 2 N–H and O–H groups in total. The van der Waals surface area contributed by atoms with Crippen LogP contribution in [0.4, 0.5) is 4.39 Å². The minimum Gasteiger partial charge on any atom is -0.489 e. The Hall–Kier alpha value is -2.07. The van der Waals surface area contributed by atoms with Crippen LogP contribution in [-0.4, -0.2) is 12.7 Å². The van der Waals surface area contributed by atoms with E-state index in [9.17, 15) is 4.39 Å². The molecule has 0 saturated heterocycles. The van der Waals surface area contributed by atoms with Crippen molar-refractivity contribution in [1.29, 1.82) is 0 Å². The standard InChI is InChI=1S/C15H14FNO2/c16-11-6-2-4-8-13(11)19-14-9-18-12-7-3-1-5-10(12)15(14)17/h1-8,14-15H,9,17H2. The quantitative estimate of drug-likeness (QED) is 0.901. The van der Waals surface area contributed by atoms with Crippen molar-refractivity contribution >= 4 is 0 Å². The number of nitrogens with two attached hydrogens (primary N) is 1. The number of hydrogen-bond donors (Lipinski definition) is 1. The van der Waals surface area contributed by atoms with Gasteiger partial charge in [-0.3, -0.25) is 0 Å². The van der Waals surface area contributed by atoms with Crippen LogP contribution in [-0.2, 0) is 0 Å². The lowest BCUT2D eigenvalue weighted by molar-refractivity contribution is 0.0843. The van der Waals surface area contributed by atoms with E-state index in [0.29, 0.717) is 6.61 Å². The molecule has 2 unspecified atom stereocenters. The second-order valence-electron chi connectivity index (χ2n) is 4.46. The van der Waals surface area contributed by atoms with Crippen LogP contribution in [0.5, 0.6) is 11.5 Å². The van der Waals surface area contributed by atoms with Gasteiger partial charge in [0.25, 0.3) is 0 Å². The molecule has 2 aromatic carbocycles. The molecule has 1 aliphatic rings. The number of ether oxygens (including phenoxy) is 2. The molecule has 98 valence electrons. The van der Waals surface area contributed by atoms with Crippen molar-refractivity contribution in [1.82, 2.24) is 0 Å². The zero-order valence-corrected chi connectivity index (χ0v) is 10.3. The molecule has 4 heteroatoms. The van der Waals surface area contributed by atoms with Gasteiger partial charge in [-0.2, -0.15) is 0 Å². The highest BCUT2D eigenvalue weighted by Gasteiger charge is 2.29. The minimum absolute atomic E-state index is 0.200. The number of benzene rings is 2. The van der Waals surface area contributed by atoms with Crippen LogP contribution in [0.2, 0.25) is 0 Å². The van der Waals surface area contributed by atoms with E-state index in [1.54, 1.807) is 18.2 Å². The molecular weight excluding hydrogens is 245 g/mol. The van der Waals surface area contributed by atoms with Crippen molar-refractivity contribution in [3.8, 4) is 11.5 Å². The first-order valence-corrected chi connectivity index (χ1v) is 6.14. The first kappa shape index (κ1) is 12.0. The zero-order valence-electron chi connectivity index (χ0n) is 10.3. The molecule has 0 fully saturated rings. The molecule has 0 radical (unpaired) electrons. The lowest BCUT2D eigenvalue weighted by Gasteiger charge is -2.31. The van der Waals surface area contributed by atoms with Crippen molar-refractivity contribution in [3.05, 3.63) is 59.9 Å². The van der Waals surface area contributed by atoms with E-state index in [2.05, 4.69) is 0 Å². The van der Waals surface area contributed by atoms with Gasteiger partial charge in [-0.25, -0.2) is 4.39 Å². The average molecular weight is 259 g/mol. The molecule has 0 bridgehead atoms. The van der Waals surface area contributed by atoms with Crippen LogP contribution in [0.3, 0.4) is 0 Å². The Labute approximate surface area is 110 Å². The molecule has 2 aromatic rings. The van der Waals surface area contributed by atoms with Gasteiger partial charge in [-0.05, 0) is 18.2 Å². The van der Waals surface area contributed by atoms with Crippen molar-refractivity contribution in [3.63, 3.8) is 0 Å². The van der Waals surface area contributed by atoms with E-state index in [0.717, 1.165) is 11.3 Å². The average Bonchev–Trinajstić information content (AvgIpc) is 2.44. The number of hydrogen-bond acceptors (Lipinski definition) is 3. The topological polar surface area (TPSA) is 44.5 Å². The van der Waals surface area contributed by atoms with E-state index in [4.69, 9.17) is 15.2 Å². The molecule has 19 heavy (non-hydrogen) atoms. The van der Waals surface area contributed by atoms with Crippen LogP contribution in [0.15, 0.2) is 48.5 Å². The van der Waals surface area contributed by atoms with Gasteiger partial charge >= 0.3 is 0 Å². The SMILES string of the molecule is NC1c2ccccc2OCC1Oc1ccccc1F. The predicted molar refractivity (Wildman–Crippen MR) is 69.7 cm³/mol. The summed E-state index contributed by atoms with van der Waals surface area (Å²) in [6.45, 7) is 0.312. The Morgan fingerprint density at radius 3 is 2.68 bits per heavy atom. The van der Waals surface area contributed by atoms with Crippen molar-refractivity contribution in [2.75, 3.05) is 6.61 Å². The number of fused-ring (bicyclic) bond motifs is 1. The second kappa shape index (κ2) is 4.90. The van der Waals surface area contributed by atoms with Crippen molar-refractivity contribution in [2.24, 2.45) is 5.73 Å². The summed E-state index contributed by atoms with van der Waals surface area (Å²) in [4.78, 5) is 0. The van der Waals surface area contributed by atoms with Gasteiger partial charge in [-0.1, -0.05) is 30.3 Å².